The number of ketones is 1. The van der Waals surface area contributed by atoms with Crippen LogP contribution in [0.3, 0.4) is 0 Å². The first-order valence-electron chi connectivity index (χ1n) is 10.3. The minimum atomic E-state index is -0.718. The summed E-state index contributed by atoms with van der Waals surface area (Å²) < 4.78 is 15.5. The molecule has 2 aromatic carbocycles. The normalized spacial score (nSPS) is 12.0. The molecule has 0 unspecified atom stereocenters. The summed E-state index contributed by atoms with van der Waals surface area (Å²) in [5.41, 5.74) is 6.43. The third-order valence-corrected chi connectivity index (χ3v) is 6.13. The van der Waals surface area contributed by atoms with Crippen LogP contribution in [-0.4, -0.2) is 45.4 Å². The van der Waals surface area contributed by atoms with Gasteiger partial charge in [-0.1, -0.05) is 41.9 Å². The fourth-order valence-corrected chi connectivity index (χ4v) is 4.19. The molecule has 0 aliphatic carbocycles. The minimum Gasteiger partial charge on any atom is -0.364 e. The summed E-state index contributed by atoms with van der Waals surface area (Å²) in [6.45, 7) is -0.181. The van der Waals surface area contributed by atoms with Crippen LogP contribution in [0.15, 0.2) is 42.5 Å². The van der Waals surface area contributed by atoms with Gasteiger partial charge in [0.15, 0.2) is 11.5 Å². The van der Waals surface area contributed by atoms with E-state index in [1.165, 1.54) is 10.7 Å². The van der Waals surface area contributed by atoms with E-state index in [0.717, 1.165) is 0 Å². The molecule has 0 saturated heterocycles. The number of nitrogens with zero attached hydrogens (tertiary/aromatic N) is 2. The highest BCUT2D eigenvalue weighted by Crippen LogP contribution is 2.20. The Morgan fingerprint density at radius 1 is 1.21 bits per heavy atom. The quantitative estimate of drug-likeness (QED) is 0.428. The van der Waals surface area contributed by atoms with E-state index in [2.05, 4.69) is 10.4 Å². The van der Waals surface area contributed by atoms with Crippen LogP contribution in [0.1, 0.15) is 28.9 Å². The van der Waals surface area contributed by atoms with Gasteiger partial charge in [-0.25, -0.2) is 4.39 Å². The van der Waals surface area contributed by atoms with Crippen molar-refractivity contribution in [2.24, 2.45) is 5.73 Å². The summed E-state index contributed by atoms with van der Waals surface area (Å²) >= 11 is 7.37. The van der Waals surface area contributed by atoms with Gasteiger partial charge in [0.1, 0.15) is 12.4 Å². The van der Waals surface area contributed by atoms with Crippen LogP contribution >= 0.6 is 23.4 Å². The monoisotopic (exact) mass is 490 g/mol. The van der Waals surface area contributed by atoms with Crippen molar-refractivity contribution in [3.05, 3.63) is 64.6 Å². The summed E-state index contributed by atoms with van der Waals surface area (Å²) in [6, 6.07) is 10.9. The molecular formula is C23H24ClFN4O3S. The lowest BCUT2D eigenvalue weighted by molar-refractivity contribution is -0.128. The largest absolute Gasteiger partial charge is 0.364 e. The van der Waals surface area contributed by atoms with Gasteiger partial charge in [-0.05, 0) is 42.5 Å². The number of primary amides is 1. The predicted molar refractivity (Wildman–Crippen MR) is 128 cm³/mol. The van der Waals surface area contributed by atoms with Gasteiger partial charge in [-0.3, -0.25) is 19.1 Å². The Balaban J connectivity index is 1.70. The maximum Gasteiger partial charge on any atom is 0.269 e. The van der Waals surface area contributed by atoms with Crippen molar-refractivity contribution in [3.8, 4) is 0 Å². The van der Waals surface area contributed by atoms with Gasteiger partial charge >= 0.3 is 0 Å². The number of amides is 2. The molecular weight excluding hydrogens is 467 g/mol. The molecule has 7 nitrogen and oxygen atoms in total. The second kappa shape index (κ2) is 11.3. The van der Waals surface area contributed by atoms with E-state index in [-0.39, 0.29) is 35.9 Å². The first kappa shape index (κ1) is 24.7. The van der Waals surface area contributed by atoms with Crippen molar-refractivity contribution in [2.75, 3.05) is 12.0 Å². The van der Waals surface area contributed by atoms with Crippen molar-refractivity contribution in [3.63, 3.8) is 0 Å². The summed E-state index contributed by atoms with van der Waals surface area (Å²) in [5, 5.41) is 7.50. The molecule has 0 spiro atoms. The van der Waals surface area contributed by atoms with Gasteiger partial charge < -0.3 is 11.1 Å². The smallest absolute Gasteiger partial charge is 0.269 e. The van der Waals surface area contributed by atoms with E-state index >= 15 is 0 Å². The van der Waals surface area contributed by atoms with E-state index in [1.807, 2.05) is 6.26 Å². The highest BCUT2D eigenvalue weighted by atomic mass is 35.5. The molecule has 174 valence electrons. The van der Waals surface area contributed by atoms with Crippen molar-refractivity contribution in [1.29, 1.82) is 0 Å². The van der Waals surface area contributed by atoms with Gasteiger partial charge in [0.05, 0.1) is 16.6 Å². The number of para-hydroxylation sites is 1. The number of thioether (sulfide) groups is 1. The van der Waals surface area contributed by atoms with E-state index in [9.17, 15) is 18.8 Å². The Hall–Kier alpha value is -2.91. The minimum absolute atomic E-state index is 0.00830. The lowest BCUT2D eigenvalue weighted by atomic mass is 10.0. The Kier molecular flexibility index (Phi) is 8.46. The Morgan fingerprint density at radius 2 is 1.97 bits per heavy atom. The molecule has 3 N–H and O–H groups in total. The number of nitrogens with two attached hydrogens (primary N) is 1. The zero-order valence-electron chi connectivity index (χ0n) is 18.0. The molecule has 33 heavy (non-hydrogen) atoms. The van der Waals surface area contributed by atoms with Crippen molar-refractivity contribution in [1.82, 2.24) is 15.1 Å². The molecule has 2 amide bonds. The number of Topliss-reactive ketones (excluding diaryl/α,β-unsaturated/α-hetero) is 1. The first-order chi connectivity index (χ1) is 15.8. The van der Waals surface area contributed by atoms with Crippen LogP contribution < -0.4 is 11.1 Å². The molecule has 1 aromatic heterocycles. The highest BCUT2D eigenvalue weighted by molar-refractivity contribution is 7.98. The molecule has 0 radical (unpaired) electrons. The average Bonchev–Trinajstić information content (AvgIpc) is 3.16. The summed E-state index contributed by atoms with van der Waals surface area (Å²) in [7, 11) is 0. The van der Waals surface area contributed by atoms with Crippen molar-refractivity contribution >= 4 is 51.9 Å². The summed E-state index contributed by atoms with van der Waals surface area (Å²) in [6.07, 6.45) is 2.60. The number of aryl methyl sites for hydroxylation is 1. The number of nitrogens with one attached hydrogen (secondary N) is 1. The highest BCUT2D eigenvalue weighted by Gasteiger charge is 2.22. The molecule has 0 aliphatic rings. The van der Waals surface area contributed by atoms with Crippen molar-refractivity contribution in [2.45, 2.75) is 31.8 Å². The number of carbonyl (C=O) groups is 3. The van der Waals surface area contributed by atoms with Crippen LogP contribution in [0.5, 0.6) is 0 Å². The van der Waals surface area contributed by atoms with Crippen LogP contribution in [0.2, 0.25) is 5.02 Å². The zero-order valence-corrected chi connectivity index (χ0v) is 19.6. The molecule has 0 fully saturated rings. The van der Waals surface area contributed by atoms with E-state index in [1.54, 1.807) is 48.2 Å². The molecule has 1 heterocycles. The third-order valence-electron chi connectivity index (χ3n) is 5.19. The Morgan fingerprint density at radius 3 is 2.70 bits per heavy atom. The van der Waals surface area contributed by atoms with Crippen LogP contribution in [0.25, 0.3) is 10.9 Å². The predicted octanol–water partition coefficient (Wildman–Crippen LogP) is 3.37. The van der Waals surface area contributed by atoms with E-state index < -0.39 is 23.7 Å². The number of hydrogen-bond donors (Lipinski definition) is 2. The third kappa shape index (κ3) is 6.11. The van der Waals surface area contributed by atoms with Gasteiger partial charge in [0.25, 0.3) is 5.91 Å². The molecule has 10 heteroatoms. The molecule has 3 rings (SSSR count). The number of hydrogen-bond acceptors (Lipinski definition) is 5. The Bertz CT molecular complexity index is 1180. The molecule has 0 saturated carbocycles. The fraction of sp³-hybridized carbons (Fsp3) is 0.304. The molecule has 0 bridgehead atoms. The average molecular weight is 491 g/mol. The first-order valence-corrected chi connectivity index (χ1v) is 12.1. The second-order valence-corrected chi connectivity index (χ2v) is 8.86. The van der Waals surface area contributed by atoms with Gasteiger partial charge in [0, 0.05) is 11.8 Å². The number of halogens is 2. The number of aromatic nitrogens is 2. The van der Waals surface area contributed by atoms with Crippen molar-refractivity contribution < 1.29 is 18.8 Å². The van der Waals surface area contributed by atoms with Crippen LogP contribution in [-0.2, 0) is 22.6 Å². The zero-order chi connectivity index (χ0) is 24.0. The number of fused-ring (bicyclic) bond motifs is 1. The van der Waals surface area contributed by atoms with Crippen LogP contribution in [0.4, 0.5) is 4.39 Å². The SMILES string of the molecule is CSCC[C@H](NC(=O)Cn1nc(C(N)=O)c2ccccc21)C(=O)CCc1cccc(Cl)c1F. The van der Waals surface area contributed by atoms with Gasteiger partial charge in [-0.2, -0.15) is 16.9 Å². The number of carbonyl (C=O) groups excluding carboxylic acids is 3. The molecule has 1 atom stereocenters. The maximum atomic E-state index is 14.1. The van der Waals surface area contributed by atoms with E-state index in [0.29, 0.717) is 28.6 Å². The van der Waals surface area contributed by atoms with Gasteiger partial charge in [0.2, 0.25) is 5.91 Å². The molecule has 0 aliphatic heterocycles. The lowest BCUT2D eigenvalue weighted by Gasteiger charge is -2.18. The van der Waals surface area contributed by atoms with Gasteiger partial charge in [-0.15, -0.1) is 0 Å². The topological polar surface area (TPSA) is 107 Å². The second-order valence-electron chi connectivity index (χ2n) is 7.47. The number of benzene rings is 2. The maximum absolute atomic E-state index is 14.1. The summed E-state index contributed by atoms with van der Waals surface area (Å²) in [5.74, 6) is -1.18. The number of rotatable bonds is 11. The lowest BCUT2D eigenvalue weighted by Crippen LogP contribution is -2.43. The standard InChI is InChI=1S/C23H24ClFN4O3S/c1-33-12-11-17(19(30)10-9-14-5-4-7-16(24)21(14)25)27-20(31)13-29-18-8-3-2-6-15(18)22(28-29)23(26)32/h2-8,17H,9-13H2,1H3,(H2,26,32)(H,27,31)/t17-/m0/s1. The fourth-order valence-electron chi connectivity index (χ4n) is 3.53. The Labute approximate surface area is 199 Å². The summed E-state index contributed by atoms with van der Waals surface area (Å²) in [4.78, 5) is 37.3. The molecule has 3 aromatic rings. The van der Waals surface area contributed by atoms with Crippen LogP contribution in [0, 0.1) is 5.82 Å². The van der Waals surface area contributed by atoms with E-state index in [4.69, 9.17) is 17.3 Å².